The predicted octanol–water partition coefficient (Wildman–Crippen LogP) is 2.33. The maximum absolute atomic E-state index is 12.1. The second-order valence-electron chi connectivity index (χ2n) is 3.96. The van der Waals surface area contributed by atoms with Gasteiger partial charge in [0.25, 0.3) is 5.91 Å². The molecule has 0 saturated carbocycles. The molecule has 1 aromatic heterocycles. The maximum atomic E-state index is 12.1. The number of benzene rings is 1. The van der Waals surface area contributed by atoms with Crippen LogP contribution in [-0.4, -0.2) is 15.9 Å². The molecule has 0 fully saturated rings. The van der Waals surface area contributed by atoms with E-state index in [4.69, 9.17) is 16.9 Å². The Hall–Kier alpha value is -2.85. The molecule has 1 aromatic carbocycles. The number of carbonyl (C=O) groups excluding carboxylic acids is 1. The lowest BCUT2D eigenvalue weighted by Crippen LogP contribution is -2.12. The zero-order valence-electron chi connectivity index (χ0n) is 9.94. The minimum atomic E-state index is -0.350. The summed E-state index contributed by atoms with van der Waals surface area (Å²) < 4.78 is 0. The number of aromatic nitrogens is 2. The minimum absolute atomic E-state index is 0.115. The summed E-state index contributed by atoms with van der Waals surface area (Å²) in [6.45, 7) is 0. The third-order valence-electron chi connectivity index (χ3n) is 2.68. The van der Waals surface area contributed by atoms with Gasteiger partial charge < -0.3 is 10.6 Å². The topological polar surface area (TPSA) is 103 Å². The maximum Gasteiger partial charge on any atom is 0.261 e. The van der Waals surface area contributed by atoms with E-state index in [9.17, 15) is 4.79 Å². The molecule has 0 unspecified atom stereocenters. The SMILES string of the molecule is N#CNc1ncc2c(n1)Nc1ccc(Cl)cc1NC2=O. The number of hydrogen-bond donors (Lipinski definition) is 3. The molecule has 8 heteroatoms. The van der Waals surface area contributed by atoms with Gasteiger partial charge in [0.05, 0.1) is 11.4 Å². The van der Waals surface area contributed by atoms with Gasteiger partial charge >= 0.3 is 0 Å². The van der Waals surface area contributed by atoms with Crippen LogP contribution in [0.5, 0.6) is 0 Å². The number of carbonyl (C=O) groups is 1. The fourth-order valence-electron chi connectivity index (χ4n) is 1.80. The monoisotopic (exact) mass is 286 g/mol. The number of rotatable bonds is 1. The molecule has 1 aliphatic heterocycles. The first kappa shape index (κ1) is 12.2. The van der Waals surface area contributed by atoms with Crippen molar-refractivity contribution in [1.29, 1.82) is 5.26 Å². The first-order chi connectivity index (χ1) is 9.67. The van der Waals surface area contributed by atoms with E-state index < -0.39 is 0 Å². The molecule has 0 aliphatic carbocycles. The van der Waals surface area contributed by atoms with Crippen LogP contribution in [0.1, 0.15) is 10.4 Å². The first-order valence-electron chi connectivity index (χ1n) is 5.57. The lowest BCUT2D eigenvalue weighted by atomic mass is 10.2. The number of anilines is 4. The molecule has 0 bridgehead atoms. The van der Waals surface area contributed by atoms with Crippen molar-refractivity contribution in [3.8, 4) is 6.19 Å². The quantitative estimate of drug-likeness (QED) is 0.549. The van der Waals surface area contributed by atoms with Crippen LogP contribution in [-0.2, 0) is 0 Å². The van der Waals surface area contributed by atoms with E-state index in [-0.39, 0.29) is 17.4 Å². The van der Waals surface area contributed by atoms with E-state index in [0.717, 1.165) is 0 Å². The summed E-state index contributed by atoms with van der Waals surface area (Å²) >= 11 is 5.90. The molecule has 0 saturated heterocycles. The number of nitrogens with one attached hydrogen (secondary N) is 3. The second-order valence-corrected chi connectivity index (χ2v) is 4.40. The fraction of sp³-hybridized carbons (Fsp3) is 0. The van der Waals surface area contributed by atoms with Crippen molar-refractivity contribution < 1.29 is 4.79 Å². The molecule has 98 valence electrons. The Morgan fingerprint density at radius 2 is 2.15 bits per heavy atom. The smallest absolute Gasteiger partial charge is 0.261 e. The molecule has 3 N–H and O–H groups in total. The second kappa shape index (κ2) is 4.68. The van der Waals surface area contributed by atoms with E-state index in [1.165, 1.54) is 6.20 Å². The van der Waals surface area contributed by atoms with E-state index >= 15 is 0 Å². The van der Waals surface area contributed by atoms with Crippen molar-refractivity contribution in [3.63, 3.8) is 0 Å². The molecule has 2 aromatic rings. The highest BCUT2D eigenvalue weighted by atomic mass is 35.5. The first-order valence-corrected chi connectivity index (χ1v) is 5.95. The lowest BCUT2D eigenvalue weighted by Gasteiger charge is -2.08. The lowest BCUT2D eigenvalue weighted by molar-refractivity contribution is 0.102. The number of fused-ring (bicyclic) bond motifs is 2. The zero-order chi connectivity index (χ0) is 14.1. The van der Waals surface area contributed by atoms with Crippen molar-refractivity contribution in [2.24, 2.45) is 0 Å². The van der Waals surface area contributed by atoms with Crippen molar-refractivity contribution in [2.75, 3.05) is 16.0 Å². The van der Waals surface area contributed by atoms with Gasteiger partial charge in [-0.3, -0.25) is 10.1 Å². The Morgan fingerprint density at radius 3 is 2.95 bits per heavy atom. The highest BCUT2D eigenvalue weighted by Crippen LogP contribution is 2.32. The number of nitrogens with zero attached hydrogens (tertiary/aromatic N) is 3. The molecule has 0 radical (unpaired) electrons. The summed E-state index contributed by atoms with van der Waals surface area (Å²) in [4.78, 5) is 20.1. The van der Waals surface area contributed by atoms with Gasteiger partial charge in [0, 0.05) is 11.2 Å². The minimum Gasteiger partial charge on any atom is -0.338 e. The Bertz CT molecular complexity index is 754. The Morgan fingerprint density at radius 1 is 1.30 bits per heavy atom. The summed E-state index contributed by atoms with van der Waals surface area (Å²) in [7, 11) is 0. The molecule has 3 rings (SSSR count). The molecule has 1 aliphatic rings. The Balaban J connectivity index is 2.10. The Kier molecular flexibility index (Phi) is 2.85. The van der Waals surface area contributed by atoms with Crippen molar-refractivity contribution in [2.45, 2.75) is 0 Å². The summed E-state index contributed by atoms with van der Waals surface area (Å²) in [5.74, 6) is 0.0808. The number of hydrogen-bond acceptors (Lipinski definition) is 6. The standard InChI is InChI=1S/C12H7ClN6O/c13-6-1-2-8-9(3-6)18-11(20)7-4-15-12(16-5-14)19-10(7)17-8/h1-4H,(H,18,20)(H2,15,16,17,19). The summed E-state index contributed by atoms with van der Waals surface area (Å²) in [6, 6.07) is 5.06. The van der Waals surface area contributed by atoms with Crippen molar-refractivity contribution in [3.05, 3.63) is 35.0 Å². The number of nitriles is 1. The molecular formula is C12H7ClN6O. The average Bonchev–Trinajstić information content (AvgIpc) is 2.55. The predicted molar refractivity (Wildman–Crippen MR) is 74.0 cm³/mol. The molecule has 0 atom stereocenters. The number of amides is 1. The molecule has 7 nitrogen and oxygen atoms in total. The third-order valence-corrected chi connectivity index (χ3v) is 2.92. The molecule has 1 amide bonds. The van der Waals surface area contributed by atoms with Gasteiger partial charge in [-0.05, 0) is 18.2 Å². The third kappa shape index (κ3) is 2.08. The van der Waals surface area contributed by atoms with Gasteiger partial charge in [0.15, 0.2) is 6.19 Å². The van der Waals surface area contributed by atoms with Crippen LogP contribution in [0.25, 0.3) is 0 Å². The van der Waals surface area contributed by atoms with Crippen LogP contribution in [0, 0.1) is 11.5 Å². The van der Waals surface area contributed by atoms with Gasteiger partial charge in [-0.2, -0.15) is 10.2 Å². The van der Waals surface area contributed by atoms with Crippen LogP contribution < -0.4 is 16.0 Å². The van der Waals surface area contributed by atoms with Gasteiger partial charge in [-0.15, -0.1) is 0 Å². The number of halogens is 1. The molecule has 20 heavy (non-hydrogen) atoms. The van der Waals surface area contributed by atoms with E-state index in [1.54, 1.807) is 24.4 Å². The van der Waals surface area contributed by atoms with Gasteiger partial charge in [0.2, 0.25) is 5.95 Å². The van der Waals surface area contributed by atoms with E-state index in [2.05, 4.69) is 25.9 Å². The van der Waals surface area contributed by atoms with Crippen LogP contribution >= 0.6 is 11.6 Å². The van der Waals surface area contributed by atoms with Crippen molar-refractivity contribution >= 4 is 40.6 Å². The molecule has 0 spiro atoms. The van der Waals surface area contributed by atoms with E-state index in [1.807, 2.05) is 0 Å². The van der Waals surface area contributed by atoms with Crippen molar-refractivity contribution in [1.82, 2.24) is 9.97 Å². The normalized spacial score (nSPS) is 12.1. The highest BCUT2D eigenvalue weighted by Gasteiger charge is 2.21. The summed E-state index contributed by atoms with van der Waals surface area (Å²) in [5.41, 5.74) is 1.49. The zero-order valence-corrected chi connectivity index (χ0v) is 10.7. The summed E-state index contributed by atoms with van der Waals surface area (Å²) in [5, 5.41) is 17.1. The van der Waals surface area contributed by atoms with Crippen LogP contribution in [0.3, 0.4) is 0 Å². The van der Waals surface area contributed by atoms with Gasteiger partial charge in [-0.1, -0.05) is 11.6 Å². The van der Waals surface area contributed by atoms with Crippen LogP contribution in [0.2, 0.25) is 5.02 Å². The largest absolute Gasteiger partial charge is 0.338 e. The Labute approximate surface area is 118 Å². The van der Waals surface area contributed by atoms with E-state index in [0.29, 0.717) is 22.2 Å². The highest BCUT2D eigenvalue weighted by molar-refractivity contribution is 6.31. The fourth-order valence-corrected chi connectivity index (χ4v) is 1.97. The average molecular weight is 287 g/mol. The molecular weight excluding hydrogens is 280 g/mol. The summed E-state index contributed by atoms with van der Waals surface area (Å²) in [6.07, 6.45) is 3.07. The van der Waals surface area contributed by atoms with Gasteiger partial charge in [0.1, 0.15) is 11.4 Å². The van der Waals surface area contributed by atoms with Crippen LogP contribution in [0.4, 0.5) is 23.1 Å². The van der Waals surface area contributed by atoms with Crippen LogP contribution in [0.15, 0.2) is 24.4 Å². The van der Waals surface area contributed by atoms with Gasteiger partial charge in [-0.25, -0.2) is 4.98 Å². The molecule has 2 heterocycles.